The van der Waals surface area contributed by atoms with E-state index in [9.17, 15) is 14.7 Å². The van der Waals surface area contributed by atoms with Crippen molar-refractivity contribution in [1.82, 2.24) is 9.55 Å². The fourth-order valence-corrected chi connectivity index (χ4v) is 8.72. The third kappa shape index (κ3) is 6.47. The largest absolute Gasteiger partial charge is 0.414 e. The SMILES string of the molecule is Cc1ccccc1COCc1cn([C@H]2C[C@@](O)([Si](C)(C)C(C)(C)C)[C@@H](CO[Si](C)(C)C(C)(C)C)O2)c(=O)[nH]c1=O. The van der Waals surface area contributed by atoms with Gasteiger partial charge in [-0.15, -0.1) is 0 Å². The average molecular weight is 591 g/mol. The Morgan fingerprint density at radius 3 is 2.20 bits per heavy atom. The van der Waals surface area contributed by atoms with Gasteiger partial charge in [0.15, 0.2) is 8.32 Å². The van der Waals surface area contributed by atoms with Crippen LogP contribution >= 0.6 is 0 Å². The second-order valence-electron chi connectivity index (χ2n) is 14.4. The molecule has 1 fully saturated rings. The van der Waals surface area contributed by atoms with Gasteiger partial charge in [-0.1, -0.05) is 78.9 Å². The molecule has 3 rings (SSSR count). The van der Waals surface area contributed by atoms with E-state index in [0.29, 0.717) is 12.2 Å². The molecule has 2 N–H and O–H groups in total. The van der Waals surface area contributed by atoms with E-state index in [4.69, 9.17) is 13.9 Å². The Labute approximate surface area is 241 Å². The van der Waals surface area contributed by atoms with E-state index in [1.165, 1.54) is 10.8 Å². The molecule has 1 saturated heterocycles. The molecule has 3 atom stereocenters. The summed E-state index contributed by atoms with van der Waals surface area (Å²) in [6.45, 7) is 24.4. The predicted molar refractivity (Wildman–Crippen MR) is 165 cm³/mol. The highest BCUT2D eigenvalue weighted by Crippen LogP contribution is 2.51. The minimum absolute atomic E-state index is 0.00312. The Hall–Kier alpha value is -1.83. The lowest BCUT2D eigenvalue weighted by molar-refractivity contribution is -0.0571. The van der Waals surface area contributed by atoms with Crippen molar-refractivity contribution in [2.45, 2.75) is 122 Å². The number of rotatable bonds is 9. The van der Waals surface area contributed by atoms with Crippen LogP contribution in [-0.2, 0) is 27.1 Å². The number of aryl methyl sites for hydroxylation is 1. The number of aromatic nitrogens is 2. The monoisotopic (exact) mass is 590 g/mol. The normalized spacial score (nSPS) is 22.6. The Balaban J connectivity index is 1.92. The van der Waals surface area contributed by atoms with Gasteiger partial charge in [0, 0.05) is 12.6 Å². The first-order chi connectivity index (χ1) is 18.2. The third-order valence-corrected chi connectivity index (χ3v) is 20.8. The Morgan fingerprint density at radius 2 is 1.62 bits per heavy atom. The zero-order valence-corrected chi connectivity index (χ0v) is 28.3. The molecule has 2 heterocycles. The van der Waals surface area contributed by atoms with Gasteiger partial charge in [0.05, 0.1) is 38.7 Å². The van der Waals surface area contributed by atoms with Crippen LogP contribution < -0.4 is 11.2 Å². The van der Waals surface area contributed by atoms with E-state index >= 15 is 0 Å². The summed E-state index contributed by atoms with van der Waals surface area (Å²) in [5, 5.41) is 11.1. The summed E-state index contributed by atoms with van der Waals surface area (Å²) in [4.78, 5) is 28.1. The molecule has 224 valence electrons. The number of ether oxygens (including phenoxy) is 2. The van der Waals surface area contributed by atoms with Crippen LogP contribution in [0.2, 0.25) is 36.3 Å². The van der Waals surface area contributed by atoms with E-state index in [-0.39, 0.29) is 29.7 Å². The second-order valence-corrected chi connectivity index (χ2v) is 24.8. The molecule has 10 heteroatoms. The smallest absolute Gasteiger partial charge is 0.330 e. The summed E-state index contributed by atoms with van der Waals surface area (Å²) in [5.74, 6) is 0. The second kappa shape index (κ2) is 11.5. The fourth-order valence-electron chi connectivity index (χ4n) is 4.78. The molecule has 1 aliphatic heterocycles. The standard InChI is InChI=1S/C30H50N2O6Si2/c1-21-14-12-13-15-22(21)18-36-19-23-17-32(27(34)31-26(23)33)25-16-30(35,39(8,9)28(2,3)4)24(38-25)20-37-40(10,11)29(5,6)7/h12-15,17,24-25,35H,16,18-20H2,1-11H3,(H,31,33,34)/t24-,25-,30-/m1/s1. The van der Waals surface area contributed by atoms with Gasteiger partial charge in [-0.05, 0) is 41.2 Å². The van der Waals surface area contributed by atoms with Crippen molar-refractivity contribution >= 4 is 16.4 Å². The zero-order chi connectivity index (χ0) is 30.3. The maximum Gasteiger partial charge on any atom is 0.330 e. The first-order valence-electron chi connectivity index (χ1n) is 14.2. The molecule has 0 amide bonds. The Bertz CT molecular complexity index is 1300. The summed E-state index contributed by atoms with van der Waals surface area (Å²) in [7, 11) is -4.55. The van der Waals surface area contributed by atoms with Gasteiger partial charge in [-0.2, -0.15) is 0 Å². The topological polar surface area (TPSA) is 103 Å². The van der Waals surface area contributed by atoms with Crippen LogP contribution in [0.1, 0.15) is 70.9 Å². The van der Waals surface area contributed by atoms with Crippen molar-refractivity contribution < 1.29 is 19.0 Å². The van der Waals surface area contributed by atoms with E-state index in [1.54, 1.807) is 0 Å². The van der Waals surface area contributed by atoms with Crippen molar-refractivity contribution in [1.29, 1.82) is 0 Å². The summed E-state index contributed by atoms with van der Waals surface area (Å²) >= 11 is 0. The zero-order valence-electron chi connectivity index (χ0n) is 26.3. The molecular weight excluding hydrogens is 541 g/mol. The number of aliphatic hydroxyl groups is 1. The van der Waals surface area contributed by atoms with Crippen molar-refractivity contribution in [2.75, 3.05) is 6.61 Å². The molecule has 0 unspecified atom stereocenters. The number of nitrogens with one attached hydrogen (secondary N) is 1. The lowest BCUT2D eigenvalue weighted by atomic mass is 10.1. The Morgan fingerprint density at radius 1 is 1.02 bits per heavy atom. The molecule has 0 saturated carbocycles. The summed E-state index contributed by atoms with van der Waals surface area (Å²) < 4.78 is 20.3. The van der Waals surface area contributed by atoms with Crippen LogP contribution in [0.25, 0.3) is 0 Å². The van der Waals surface area contributed by atoms with E-state index in [2.05, 4.69) is 72.7 Å². The van der Waals surface area contributed by atoms with Gasteiger partial charge < -0.3 is 19.0 Å². The van der Waals surface area contributed by atoms with Gasteiger partial charge in [0.1, 0.15) is 12.3 Å². The molecule has 0 spiro atoms. The highest BCUT2D eigenvalue weighted by atomic mass is 28.4. The van der Waals surface area contributed by atoms with Gasteiger partial charge in [-0.25, -0.2) is 4.79 Å². The van der Waals surface area contributed by atoms with Crippen molar-refractivity contribution in [2.24, 2.45) is 0 Å². The molecule has 1 aromatic heterocycles. The summed E-state index contributed by atoms with van der Waals surface area (Å²) in [6, 6.07) is 7.92. The molecular formula is C30H50N2O6Si2. The van der Waals surface area contributed by atoms with E-state index in [0.717, 1.165) is 11.1 Å². The van der Waals surface area contributed by atoms with Crippen molar-refractivity contribution in [3.05, 3.63) is 68.0 Å². The lowest BCUT2D eigenvalue weighted by Gasteiger charge is -2.49. The highest BCUT2D eigenvalue weighted by Gasteiger charge is 2.62. The molecule has 1 aliphatic rings. The molecule has 0 radical (unpaired) electrons. The predicted octanol–water partition coefficient (Wildman–Crippen LogP) is 5.65. The number of hydrogen-bond acceptors (Lipinski definition) is 6. The van der Waals surface area contributed by atoms with Gasteiger partial charge in [0.2, 0.25) is 0 Å². The number of H-pyrrole nitrogens is 1. The maximum atomic E-state index is 13.0. The minimum atomic E-state index is -2.43. The number of hydrogen-bond donors (Lipinski definition) is 2. The summed E-state index contributed by atoms with van der Waals surface area (Å²) in [5.41, 5.74) is 1.42. The molecule has 2 aromatic rings. The van der Waals surface area contributed by atoms with Gasteiger partial charge in [0.25, 0.3) is 5.56 Å². The molecule has 40 heavy (non-hydrogen) atoms. The van der Waals surface area contributed by atoms with E-state index in [1.807, 2.05) is 31.2 Å². The average Bonchev–Trinajstić information content (AvgIpc) is 3.16. The van der Waals surface area contributed by atoms with Gasteiger partial charge in [-0.3, -0.25) is 14.3 Å². The third-order valence-electron chi connectivity index (χ3n) is 9.83. The number of aromatic amines is 1. The van der Waals surface area contributed by atoms with Crippen LogP contribution in [0.5, 0.6) is 0 Å². The quantitative estimate of drug-likeness (QED) is 0.366. The van der Waals surface area contributed by atoms with Crippen molar-refractivity contribution in [3.8, 4) is 0 Å². The van der Waals surface area contributed by atoms with Crippen molar-refractivity contribution in [3.63, 3.8) is 0 Å². The lowest BCUT2D eigenvalue weighted by Crippen LogP contribution is -2.65. The first-order valence-corrected chi connectivity index (χ1v) is 20.1. The van der Waals surface area contributed by atoms with Crippen LogP contribution in [0.3, 0.4) is 0 Å². The first kappa shape index (κ1) is 32.7. The molecule has 0 aliphatic carbocycles. The van der Waals surface area contributed by atoms with Crippen LogP contribution in [-0.4, -0.2) is 49.0 Å². The summed E-state index contributed by atoms with van der Waals surface area (Å²) in [6.07, 6.45) is 0.413. The van der Waals surface area contributed by atoms with Crippen LogP contribution in [0.4, 0.5) is 0 Å². The molecule has 8 nitrogen and oxygen atoms in total. The maximum absolute atomic E-state index is 13.0. The van der Waals surface area contributed by atoms with Gasteiger partial charge >= 0.3 is 5.69 Å². The van der Waals surface area contributed by atoms with E-state index < -0.39 is 45.2 Å². The van der Waals surface area contributed by atoms with Crippen LogP contribution in [0, 0.1) is 6.92 Å². The fraction of sp³-hybridized carbons (Fsp3) is 0.667. The Kier molecular flexibility index (Phi) is 9.36. The molecule has 1 aromatic carbocycles. The molecule has 0 bridgehead atoms. The number of nitrogens with zero attached hydrogens (tertiary/aromatic N) is 1. The minimum Gasteiger partial charge on any atom is -0.414 e. The number of benzene rings is 1. The van der Waals surface area contributed by atoms with Crippen LogP contribution in [0.15, 0.2) is 40.1 Å². The highest BCUT2D eigenvalue weighted by molar-refractivity contribution is 6.83.